The van der Waals surface area contributed by atoms with Gasteiger partial charge in [-0.25, -0.2) is 4.68 Å². The molecule has 0 unspecified atom stereocenters. The number of rotatable bonds is 2. The number of nitrogens with two attached hydrogens (primary N) is 1. The van der Waals surface area contributed by atoms with Gasteiger partial charge in [-0.3, -0.25) is 0 Å². The Morgan fingerprint density at radius 2 is 1.79 bits per heavy atom. The maximum Gasteiger partial charge on any atom is 0.138 e. The molecule has 0 atom stereocenters. The summed E-state index contributed by atoms with van der Waals surface area (Å²) in [6.07, 6.45) is 1.90. The lowest BCUT2D eigenvalue weighted by molar-refractivity contribution is 0.478. The van der Waals surface area contributed by atoms with Crippen LogP contribution in [0.4, 0.5) is 5.69 Å². The van der Waals surface area contributed by atoms with Crippen LogP contribution in [0.5, 0.6) is 5.75 Å². The second-order valence-corrected chi connectivity index (χ2v) is 4.25. The van der Waals surface area contributed by atoms with Gasteiger partial charge in [-0.15, -0.1) is 0 Å². The Morgan fingerprint density at radius 3 is 2.53 bits per heavy atom. The van der Waals surface area contributed by atoms with E-state index in [1.54, 1.807) is 22.9 Å². The monoisotopic (exact) mass is 251 g/mol. The predicted octanol–water partition coefficient (Wildman–Crippen LogP) is 2.83. The molecule has 2 aromatic carbocycles. The highest BCUT2D eigenvalue weighted by molar-refractivity contribution is 5.67. The fraction of sp³-hybridized carbons (Fsp3) is 0. The number of nitrogen functional groups attached to an aromatic ring is 1. The summed E-state index contributed by atoms with van der Waals surface area (Å²) in [5.74, 6) is 0.0891. The van der Waals surface area contributed by atoms with E-state index in [4.69, 9.17) is 5.73 Å². The predicted molar refractivity (Wildman–Crippen MR) is 75.1 cm³/mol. The van der Waals surface area contributed by atoms with Crippen molar-refractivity contribution in [3.8, 4) is 22.7 Å². The number of benzene rings is 2. The molecule has 4 nitrogen and oxygen atoms in total. The Kier molecular flexibility index (Phi) is 2.68. The summed E-state index contributed by atoms with van der Waals surface area (Å²) < 4.78 is 1.80. The lowest BCUT2D eigenvalue weighted by atomic mass is 10.1. The molecule has 0 bridgehead atoms. The van der Waals surface area contributed by atoms with Gasteiger partial charge >= 0.3 is 0 Å². The first kappa shape index (κ1) is 11.3. The zero-order valence-electron chi connectivity index (χ0n) is 10.2. The molecule has 19 heavy (non-hydrogen) atoms. The Balaban J connectivity index is 1.99. The van der Waals surface area contributed by atoms with Crippen LogP contribution in [0.1, 0.15) is 0 Å². The molecule has 0 aliphatic rings. The van der Waals surface area contributed by atoms with Crippen LogP contribution < -0.4 is 5.73 Å². The molecule has 0 saturated heterocycles. The fourth-order valence-electron chi connectivity index (χ4n) is 1.92. The summed E-state index contributed by atoms with van der Waals surface area (Å²) in [6, 6.07) is 16.9. The highest BCUT2D eigenvalue weighted by atomic mass is 16.3. The van der Waals surface area contributed by atoms with Gasteiger partial charge in [-0.05, 0) is 36.4 Å². The van der Waals surface area contributed by atoms with Crippen LogP contribution in [0.3, 0.4) is 0 Å². The standard InChI is InChI=1S/C15H13N3O/c16-13-10-11(6-7-15(13)19)14-8-9-18(17-14)12-4-2-1-3-5-12/h1-10,19H,16H2. The molecular weight excluding hydrogens is 238 g/mol. The summed E-state index contributed by atoms with van der Waals surface area (Å²) in [5, 5.41) is 13.9. The number of phenolic OH excluding ortho intramolecular Hbond substituents is 1. The van der Waals surface area contributed by atoms with Crippen LogP contribution >= 0.6 is 0 Å². The van der Waals surface area contributed by atoms with Gasteiger partial charge in [-0.2, -0.15) is 5.10 Å². The average Bonchev–Trinajstić information content (AvgIpc) is 2.93. The largest absolute Gasteiger partial charge is 0.506 e. The summed E-state index contributed by atoms with van der Waals surface area (Å²) in [5.41, 5.74) is 8.74. The van der Waals surface area contributed by atoms with E-state index < -0.39 is 0 Å². The zero-order chi connectivity index (χ0) is 13.2. The fourth-order valence-corrected chi connectivity index (χ4v) is 1.92. The molecule has 0 spiro atoms. The maximum atomic E-state index is 9.42. The number of hydrogen-bond acceptors (Lipinski definition) is 3. The van der Waals surface area contributed by atoms with E-state index in [0.29, 0.717) is 5.69 Å². The Bertz CT molecular complexity index is 704. The van der Waals surface area contributed by atoms with Crippen LogP contribution in [0, 0.1) is 0 Å². The van der Waals surface area contributed by atoms with Crippen molar-refractivity contribution in [1.82, 2.24) is 9.78 Å². The SMILES string of the molecule is Nc1cc(-c2ccn(-c3ccccc3)n2)ccc1O. The van der Waals surface area contributed by atoms with Crippen molar-refractivity contribution < 1.29 is 5.11 Å². The number of para-hydroxylation sites is 1. The van der Waals surface area contributed by atoms with Gasteiger partial charge in [0.25, 0.3) is 0 Å². The first-order chi connectivity index (χ1) is 9.24. The van der Waals surface area contributed by atoms with Gasteiger partial charge in [0.2, 0.25) is 0 Å². The summed E-state index contributed by atoms with van der Waals surface area (Å²) in [4.78, 5) is 0. The lowest BCUT2D eigenvalue weighted by Gasteiger charge is -2.02. The van der Waals surface area contributed by atoms with E-state index in [0.717, 1.165) is 16.9 Å². The second-order valence-electron chi connectivity index (χ2n) is 4.25. The molecule has 3 aromatic rings. The average molecular weight is 251 g/mol. The Morgan fingerprint density at radius 1 is 1.00 bits per heavy atom. The summed E-state index contributed by atoms with van der Waals surface area (Å²) in [6.45, 7) is 0. The zero-order valence-corrected chi connectivity index (χ0v) is 10.2. The number of phenols is 1. The minimum Gasteiger partial charge on any atom is -0.506 e. The van der Waals surface area contributed by atoms with Crippen LogP contribution in [-0.4, -0.2) is 14.9 Å². The van der Waals surface area contributed by atoms with Crippen molar-refractivity contribution in [2.24, 2.45) is 0 Å². The van der Waals surface area contributed by atoms with Crippen LogP contribution in [0.15, 0.2) is 60.8 Å². The Labute approximate surface area is 110 Å². The molecule has 0 amide bonds. The summed E-state index contributed by atoms with van der Waals surface area (Å²) >= 11 is 0. The van der Waals surface area contributed by atoms with Crippen molar-refractivity contribution in [3.63, 3.8) is 0 Å². The normalized spacial score (nSPS) is 10.5. The van der Waals surface area contributed by atoms with Gasteiger partial charge in [-0.1, -0.05) is 18.2 Å². The molecule has 0 fully saturated rings. The van der Waals surface area contributed by atoms with Gasteiger partial charge < -0.3 is 10.8 Å². The van der Waals surface area contributed by atoms with Crippen molar-refractivity contribution in [1.29, 1.82) is 0 Å². The molecule has 3 N–H and O–H groups in total. The highest BCUT2D eigenvalue weighted by Gasteiger charge is 2.05. The van der Waals surface area contributed by atoms with Crippen molar-refractivity contribution in [3.05, 3.63) is 60.8 Å². The molecule has 94 valence electrons. The van der Waals surface area contributed by atoms with Gasteiger partial charge in [0, 0.05) is 11.8 Å². The summed E-state index contributed by atoms with van der Waals surface area (Å²) in [7, 11) is 0. The molecular formula is C15H13N3O. The smallest absolute Gasteiger partial charge is 0.138 e. The van der Waals surface area contributed by atoms with Crippen molar-refractivity contribution in [2.45, 2.75) is 0 Å². The van der Waals surface area contributed by atoms with Crippen molar-refractivity contribution >= 4 is 5.69 Å². The minimum absolute atomic E-state index is 0.0891. The van der Waals surface area contributed by atoms with Gasteiger partial charge in [0.1, 0.15) is 5.75 Å². The number of aromatic nitrogens is 2. The first-order valence-electron chi connectivity index (χ1n) is 5.94. The second kappa shape index (κ2) is 4.49. The first-order valence-corrected chi connectivity index (χ1v) is 5.94. The molecule has 0 aliphatic heterocycles. The van der Waals surface area contributed by atoms with Crippen LogP contribution in [-0.2, 0) is 0 Å². The van der Waals surface area contributed by atoms with E-state index >= 15 is 0 Å². The number of aromatic hydroxyl groups is 1. The minimum atomic E-state index is 0.0891. The van der Waals surface area contributed by atoms with E-state index in [2.05, 4.69) is 5.10 Å². The van der Waals surface area contributed by atoms with E-state index in [1.807, 2.05) is 42.6 Å². The van der Waals surface area contributed by atoms with Crippen LogP contribution in [0.2, 0.25) is 0 Å². The molecule has 4 heteroatoms. The third kappa shape index (κ3) is 2.15. The van der Waals surface area contributed by atoms with Crippen LogP contribution in [0.25, 0.3) is 16.9 Å². The molecule has 1 heterocycles. The number of hydrogen-bond donors (Lipinski definition) is 2. The third-order valence-corrected chi connectivity index (χ3v) is 2.93. The third-order valence-electron chi connectivity index (χ3n) is 2.93. The molecule has 3 rings (SSSR count). The number of anilines is 1. The Hall–Kier alpha value is -2.75. The lowest BCUT2D eigenvalue weighted by Crippen LogP contribution is -1.94. The van der Waals surface area contributed by atoms with E-state index in [-0.39, 0.29) is 5.75 Å². The number of nitrogens with zero attached hydrogens (tertiary/aromatic N) is 2. The molecule has 0 saturated carbocycles. The quantitative estimate of drug-likeness (QED) is 0.543. The molecule has 1 aromatic heterocycles. The topological polar surface area (TPSA) is 64.1 Å². The van der Waals surface area contributed by atoms with Gasteiger partial charge in [0.05, 0.1) is 17.1 Å². The van der Waals surface area contributed by atoms with Crippen molar-refractivity contribution in [2.75, 3.05) is 5.73 Å². The highest BCUT2D eigenvalue weighted by Crippen LogP contribution is 2.26. The van der Waals surface area contributed by atoms with Gasteiger partial charge in [0.15, 0.2) is 0 Å². The molecule has 0 aliphatic carbocycles. The maximum absolute atomic E-state index is 9.42. The van der Waals surface area contributed by atoms with E-state index in [9.17, 15) is 5.11 Å². The molecule has 0 radical (unpaired) electrons. The van der Waals surface area contributed by atoms with E-state index in [1.165, 1.54) is 0 Å².